The molecule has 0 saturated heterocycles. The highest BCUT2D eigenvalue weighted by molar-refractivity contribution is 5.13. The summed E-state index contributed by atoms with van der Waals surface area (Å²) in [5.41, 5.74) is 7.85. The third-order valence-electron chi connectivity index (χ3n) is 1.21. The zero-order valence-electron chi connectivity index (χ0n) is 5.71. The highest BCUT2D eigenvalue weighted by Crippen LogP contribution is 1.98. The Balaban J connectivity index is 2.43. The monoisotopic (exact) mass is 136 g/mol. The molecular weight excluding hydrogens is 126 g/mol. The molecule has 2 heteroatoms. The predicted molar refractivity (Wildman–Crippen MR) is 39.2 cm³/mol. The summed E-state index contributed by atoms with van der Waals surface area (Å²) in [5, 5.41) is 0. The summed E-state index contributed by atoms with van der Waals surface area (Å²) in [6, 6.07) is 9.85. The fourth-order valence-electron chi connectivity index (χ4n) is 0.743. The summed E-state index contributed by atoms with van der Waals surface area (Å²) >= 11 is 0. The lowest BCUT2D eigenvalue weighted by atomic mass is 10.2. The molecule has 0 saturated carbocycles. The lowest BCUT2D eigenvalue weighted by Gasteiger charge is -1.98. The summed E-state index contributed by atoms with van der Waals surface area (Å²) in [6.45, 7) is 0.583. The summed E-state index contributed by atoms with van der Waals surface area (Å²) in [6.07, 6.45) is 0. The third kappa shape index (κ3) is 2.17. The molecule has 0 aliphatic rings. The molecule has 10 heavy (non-hydrogen) atoms. The van der Waals surface area contributed by atoms with E-state index in [9.17, 15) is 0 Å². The second kappa shape index (κ2) is 4.04. The average Bonchev–Trinajstić information content (AvgIpc) is 2.03. The number of benzene rings is 1. The largest absolute Gasteiger partial charge is 0.360 e. The van der Waals surface area contributed by atoms with Crippen molar-refractivity contribution in [2.45, 2.75) is 6.61 Å². The third-order valence-corrected chi connectivity index (χ3v) is 1.21. The van der Waals surface area contributed by atoms with E-state index >= 15 is 0 Å². The van der Waals surface area contributed by atoms with Crippen LogP contribution in [-0.2, 0) is 11.3 Å². The van der Waals surface area contributed by atoms with Crippen LogP contribution in [0, 0.1) is 0 Å². The molecule has 53 valence electrons. The van der Waals surface area contributed by atoms with Gasteiger partial charge in [0, 0.05) is 0 Å². The Morgan fingerprint density at radius 1 is 1.20 bits per heavy atom. The van der Waals surface area contributed by atoms with Crippen LogP contribution in [0.4, 0.5) is 0 Å². The SMILES string of the molecule is [NH]COCc1ccccc1. The number of nitrogens with one attached hydrogen (secondary N) is 1. The maximum atomic E-state index is 6.73. The molecule has 0 bridgehead atoms. The van der Waals surface area contributed by atoms with E-state index < -0.39 is 0 Å². The number of rotatable bonds is 3. The minimum absolute atomic E-state index is 0.0366. The van der Waals surface area contributed by atoms with Gasteiger partial charge in [0.05, 0.1) is 6.61 Å². The van der Waals surface area contributed by atoms with E-state index in [2.05, 4.69) is 0 Å². The molecule has 0 heterocycles. The van der Waals surface area contributed by atoms with Gasteiger partial charge in [-0.3, -0.25) is 0 Å². The normalized spacial score (nSPS) is 9.70. The van der Waals surface area contributed by atoms with Gasteiger partial charge < -0.3 is 4.74 Å². The quantitative estimate of drug-likeness (QED) is 0.619. The van der Waals surface area contributed by atoms with Gasteiger partial charge in [-0.1, -0.05) is 30.3 Å². The maximum absolute atomic E-state index is 6.73. The molecule has 0 aliphatic heterocycles. The molecular formula is C8H10NO. The second-order valence-electron chi connectivity index (χ2n) is 1.98. The van der Waals surface area contributed by atoms with Gasteiger partial charge in [0.25, 0.3) is 0 Å². The van der Waals surface area contributed by atoms with Crippen LogP contribution in [0.3, 0.4) is 0 Å². The topological polar surface area (TPSA) is 33.0 Å². The van der Waals surface area contributed by atoms with E-state index in [-0.39, 0.29) is 6.73 Å². The van der Waals surface area contributed by atoms with E-state index in [0.717, 1.165) is 5.56 Å². The van der Waals surface area contributed by atoms with Gasteiger partial charge in [0.15, 0.2) is 0 Å². The van der Waals surface area contributed by atoms with Crippen LogP contribution in [0.5, 0.6) is 0 Å². The Bertz CT molecular complexity index is 174. The van der Waals surface area contributed by atoms with Crippen molar-refractivity contribution >= 4 is 0 Å². The molecule has 1 N–H and O–H groups in total. The van der Waals surface area contributed by atoms with Crippen molar-refractivity contribution in [1.29, 1.82) is 0 Å². The average molecular weight is 136 g/mol. The number of ether oxygens (including phenoxy) is 1. The van der Waals surface area contributed by atoms with Crippen molar-refractivity contribution in [3.8, 4) is 0 Å². The maximum Gasteiger partial charge on any atom is 0.109 e. The molecule has 1 aromatic carbocycles. The Hall–Kier alpha value is -0.860. The van der Waals surface area contributed by atoms with E-state index in [4.69, 9.17) is 10.5 Å². The van der Waals surface area contributed by atoms with E-state index in [1.165, 1.54) is 0 Å². The number of hydrogen-bond acceptors (Lipinski definition) is 1. The summed E-state index contributed by atoms with van der Waals surface area (Å²) in [7, 11) is 0. The first kappa shape index (κ1) is 7.25. The number of hydrogen-bond donors (Lipinski definition) is 0. The van der Waals surface area contributed by atoms with Gasteiger partial charge in [-0.05, 0) is 5.56 Å². The summed E-state index contributed by atoms with van der Waals surface area (Å²) in [4.78, 5) is 0. The summed E-state index contributed by atoms with van der Waals surface area (Å²) in [5.74, 6) is 0. The first-order chi connectivity index (χ1) is 4.93. The fourth-order valence-corrected chi connectivity index (χ4v) is 0.743. The molecule has 0 atom stereocenters. The molecule has 0 spiro atoms. The van der Waals surface area contributed by atoms with Crippen LogP contribution in [0.1, 0.15) is 5.56 Å². The highest BCUT2D eigenvalue weighted by Gasteiger charge is 1.87. The molecule has 0 aromatic heterocycles. The van der Waals surface area contributed by atoms with Gasteiger partial charge in [-0.2, -0.15) is 0 Å². The Morgan fingerprint density at radius 3 is 2.50 bits per heavy atom. The van der Waals surface area contributed by atoms with E-state index in [0.29, 0.717) is 6.61 Å². The molecule has 2 nitrogen and oxygen atoms in total. The van der Waals surface area contributed by atoms with Crippen molar-refractivity contribution in [2.75, 3.05) is 6.73 Å². The fraction of sp³-hybridized carbons (Fsp3) is 0.250. The molecule has 1 rings (SSSR count). The minimum atomic E-state index is 0.0366. The van der Waals surface area contributed by atoms with Gasteiger partial charge in [-0.25, -0.2) is 5.73 Å². The van der Waals surface area contributed by atoms with Gasteiger partial charge in [0.2, 0.25) is 0 Å². The zero-order valence-corrected chi connectivity index (χ0v) is 5.71. The second-order valence-corrected chi connectivity index (χ2v) is 1.98. The molecule has 0 unspecified atom stereocenters. The standard InChI is InChI=1S/C8H10NO/c9-7-10-6-8-4-2-1-3-5-8/h1-5,9H,6-7H2. The highest BCUT2D eigenvalue weighted by atomic mass is 16.5. The van der Waals surface area contributed by atoms with Crippen molar-refractivity contribution in [3.05, 3.63) is 35.9 Å². The minimum Gasteiger partial charge on any atom is -0.360 e. The van der Waals surface area contributed by atoms with Crippen molar-refractivity contribution < 1.29 is 4.74 Å². The Kier molecular flexibility index (Phi) is 2.93. The van der Waals surface area contributed by atoms with Crippen molar-refractivity contribution in [3.63, 3.8) is 0 Å². The summed E-state index contributed by atoms with van der Waals surface area (Å²) < 4.78 is 4.89. The van der Waals surface area contributed by atoms with Crippen LogP contribution in [0.25, 0.3) is 0 Å². The molecule has 1 radical (unpaired) electrons. The lowest BCUT2D eigenvalue weighted by molar-refractivity contribution is 0.123. The van der Waals surface area contributed by atoms with E-state index in [1.54, 1.807) is 0 Å². The van der Waals surface area contributed by atoms with Crippen LogP contribution < -0.4 is 5.73 Å². The van der Waals surface area contributed by atoms with Gasteiger partial charge in [0.1, 0.15) is 6.73 Å². The Labute approximate surface area is 60.6 Å². The zero-order chi connectivity index (χ0) is 7.23. The molecule has 0 amide bonds. The van der Waals surface area contributed by atoms with Crippen LogP contribution in [0.2, 0.25) is 0 Å². The van der Waals surface area contributed by atoms with Gasteiger partial charge in [-0.15, -0.1) is 0 Å². The first-order valence-corrected chi connectivity index (χ1v) is 3.20. The lowest BCUT2D eigenvalue weighted by Crippen LogP contribution is -1.94. The predicted octanol–water partition coefficient (Wildman–Crippen LogP) is 1.44. The molecule has 0 aliphatic carbocycles. The Morgan fingerprint density at radius 2 is 1.90 bits per heavy atom. The van der Waals surface area contributed by atoms with Gasteiger partial charge >= 0.3 is 0 Å². The molecule has 1 aromatic rings. The molecule has 0 fully saturated rings. The van der Waals surface area contributed by atoms with Crippen LogP contribution in [0.15, 0.2) is 30.3 Å². The van der Waals surface area contributed by atoms with Crippen molar-refractivity contribution in [2.24, 2.45) is 0 Å². The van der Waals surface area contributed by atoms with E-state index in [1.807, 2.05) is 30.3 Å². The smallest absolute Gasteiger partial charge is 0.109 e. The van der Waals surface area contributed by atoms with Crippen LogP contribution in [-0.4, -0.2) is 6.73 Å². The van der Waals surface area contributed by atoms with Crippen molar-refractivity contribution in [1.82, 2.24) is 5.73 Å². The van der Waals surface area contributed by atoms with Crippen LogP contribution >= 0.6 is 0 Å². The first-order valence-electron chi connectivity index (χ1n) is 3.20.